The molecular weight excluding hydrogens is 548 g/mol. The van der Waals surface area contributed by atoms with Gasteiger partial charge in [-0.15, -0.1) is 0 Å². The van der Waals surface area contributed by atoms with Gasteiger partial charge in [0.2, 0.25) is 10.0 Å². The molecule has 0 radical (unpaired) electrons. The molecule has 4 rings (SSSR count). The Morgan fingerprint density at radius 1 is 0.698 bits per heavy atom. The van der Waals surface area contributed by atoms with E-state index in [2.05, 4.69) is 94.1 Å². The fraction of sp³-hybridized carbons (Fsp3) is 0.421. The first-order chi connectivity index (χ1) is 20.6. The zero-order valence-corrected chi connectivity index (χ0v) is 27.6. The summed E-state index contributed by atoms with van der Waals surface area (Å²) in [7, 11) is -3.91. The second-order valence-corrected chi connectivity index (χ2v) is 14.4. The molecule has 0 saturated heterocycles. The molecule has 0 fully saturated rings. The predicted octanol–water partition coefficient (Wildman–Crippen LogP) is 9.46. The molecule has 1 unspecified atom stereocenters. The first kappa shape index (κ1) is 32.9. The zero-order valence-electron chi connectivity index (χ0n) is 26.8. The van der Waals surface area contributed by atoms with Gasteiger partial charge in [-0.1, -0.05) is 138 Å². The number of hydrogen-bond donors (Lipinski definition) is 2. The lowest BCUT2D eigenvalue weighted by Crippen LogP contribution is -2.39. The van der Waals surface area contributed by atoms with Crippen LogP contribution in [0.4, 0.5) is 0 Å². The van der Waals surface area contributed by atoms with Crippen molar-refractivity contribution in [2.24, 2.45) is 0 Å². The van der Waals surface area contributed by atoms with E-state index in [1.165, 1.54) is 11.1 Å². The minimum absolute atomic E-state index is 0.0601. The van der Waals surface area contributed by atoms with Gasteiger partial charge in [-0.3, -0.25) is 0 Å². The summed E-state index contributed by atoms with van der Waals surface area (Å²) in [4.78, 5) is 0.437. The molecule has 0 spiro atoms. The molecule has 3 aromatic rings. The molecule has 1 aliphatic rings. The van der Waals surface area contributed by atoms with E-state index in [1.54, 1.807) is 0 Å². The Morgan fingerprint density at radius 3 is 1.74 bits per heavy atom. The summed E-state index contributed by atoms with van der Waals surface area (Å²) in [5, 5.41) is 3.77. The smallest absolute Gasteiger partial charge is 0.241 e. The molecule has 2 N–H and O–H groups in total. The summed E-state index contributed by atoms with van der Waals surface area (Å²) >= 11 is 0. The summed E-state index contributed by atoms with van der Waals surface area (Å²) in [6.45, 7) is 13.5. The Hall–Kier alpha value is -2.99. The molecule has 3 aromatic carbocycles. The molecule has 230 valence electrons. The minimum Gasteiger partial charge on any atom is -0.308 e. The summed E-state index contributed by atoms with van der Waals surface area (Å²) in [6, 6.07) is 23.7. The SMILES string of the molecule is CC(C)c1cc(C(C)C)c(S(=O)(=O)NC(c2ccccc2)[C@@H](NCCCC2=CCC=CC2)c2ccccc2)c(C(C)C)c1. The van der Waals surface area contributed by atoms with Crippen LogP contribution in [-0.4, -0.2) is 15.0 Å². The van der Waals surface area contributed by atoms with Gasteiger partial charge in [0.15, 0.2) is 0 Å². The highest BCUT2D eigenvalue weighted by Crippen LogP contribution is 2.37. The van der Waals surface area contributed by atoms with Crippen molar-refractivity contribution in [3.05, 3.63) is 124 Å². The first-order valence-corrected chi connectivity index (χ1v) is 17.4. The third-order valence-corrected chi connectivity index (χ3v) is 9.98. The van der Waals surface area contributed by atoms with E-state index < -0.39 is 16.1 Å². The lowest BCUT2D eigenvalue weighted by atomic mass is 9.89. The molecular formula is C38H50N2O2S. The van der Waals surface area contributed by atoms with E-state index in [0.717, 1.165) is 54.5 Å². The molecule has 0 aromatic heterocycles. The lowest BCUT2D eigenvalue weighted by molar-refractivity contribution is 0.419. The second-order valence-electron chi connectivity index (χ2n) is 12.7. The zero-order chi connectivity index (χ0) is 31.0. The fourth-order valence-electron chi connectivity index (χ4n) is 5.93. The van der Waals surface area contributed by atoms with Crippen molar-refractivity contribution >= 4 is 10.0 Å². The maximum Gasteiger partial charge on any atom is 0.241 e. The number of sulfonamides is 1. The Bertz CT molecular complexity index is 1460. The highest BCUT2D eigenvalue weighted by Gasteiger charge is 2.33. The number of benzene rings is 3. The van der Waals surface area contributed by atoms with Crippen LogP contribution in [0.3, 0.4) is 0 Å². The van der Waals surface area contributed by atoms with Crippen molar-refractivity contribution in [3.8, 4) is 0 Å². The summed E-state index contributed by atoms with van der Waals surface area (Å²) in [6.07, 6.45) is 10.9. The van der Waals surface area contributed by atoms with Gasteiger partial charge in [0.1, 0.15) is 0 Å². The quantitative estimate of drug-likeness (QED) is 0.144. The van der Waals surface area contributed by atoms with Crippen LogP contribution in [0, 0.1) is 0 Å². The lowest BCUT2D eigenvalue weighted by Gasteiger charge is -2.31. The topological polar surface area (TPSA) is 58.2 Å². The van der Waals surface area contributed by atoms with Crippen LogP contribution in [0.1, 0.15) is 125 Å². The Morgan fingerprint density at radius 2 is 1.26 bits per heavy atom. The summed E-state index contributed by atoms with van der Waals surface area (Å²) < 4.78 is 32.6. The van der Waals surface area contributed by atoms with E-state index in [4.69, 9.17) is 0 Å². The molecule has 43 heavy (non-hydrogen) atoms. The highest BCUT2D eigenvalue weighted by atomic mass is 32.2. The molecule has 1 aliphatic carbocycles. The molecule has 2 atom stereocenters. The molecule has 4 nitrogen and oxygen atoms in total. The van der Waals surface area contributed by atoms with Gasteiger partial charge in [-0.2, -0.15) is 0 Å². The molecule has 0 heterocycles. The van der Waals surface area contributed by atoms with E-state index in [0.29, 0.717) is 10.8 Å². The van der Waals surface area contributed by atoms with Gasteiger partial charge in [0.05, 0.1) is 17.0 Å². The van der Waals surface area contributed by atoms with Crippen molar-refractivity contribution in [1.82, 2.24) is 10.0 Å². The fourth-order valence-corrected chi connectivity index (χ4v) is 7.86. The van der Waals surface area contributed by atoms with Crippen molar-refractivity contribution in [1.29, 1.82) is 0 Å². The maximum absolute atomic E-state index is 14.7. The van der Waals surface area contributed by atoms with Crippen molar-refractivity contribution < 1.29 is 8.42 Å². The average molecular weight is 599 g/mol. The third kappa shape index (κ3) is 8.56. The Balaban J connectivity index is 1.75. The van der Waals surface area contributed by atoms with Crippen LogP contribution < -0.4 is 10.0 Å². The summed E-state index contributed by atoms with van der Waals surface area (Å²) in [5.41, 5.74) is 6.42. The normalized spacial score (nSPS) is 15.2. The first-order valence-electron chi connectivity index (χ1n) is 15.9. The number of hydrogen-bond acceptors (Lipinski definition) is 3. The molecule has 0 bridgehead atoms. The minimum atomic E-state index is -3.91. The molecule has 0 aliphatic heterocycles. The number of rotatable bonds is 14. The van der Waals surface area contributed by atoms with Gasteiger partial charge in [0.25, 0.3) is 0 Å². The van der Waals surface area contributed by atoms with Gasteiger partial charge in [0, 0.05) is 0 Å². The predicted molar refractivity (Wildman–Crippen MR) is 181 cm³/mol. The van der Waals surface area contributed by atoms with Crippen LogP contribution in [0.15, 0.2) is 101 Å². The van der Waals surface area contributed by atoms with E-state index in [-0.39, 0.29) is 17.9 Å². The van der Waals surface area contributed by atoms with Crippen molar-refractivity contribution in [3.63, 3.8) is 0 Å². The second kappa shape index (κ2) is 15.1. The third-order valence-electron chi connectivity index (χ3n) is 8.41. The van der Waals surface area contributed by atoms with Gasteiger partial charge in [-0.25, -0.2) is 13.1 Å². The molecule has 0 saturated carbocycles. The van der Waals surface area contributed by atoms with Crippen molar-refractivity contribution in [2.75, 3.05) is 6.54 Å². The largest absolute Gasteiger partial charge is 0.308 e. The maximum atomic E-state index is 14.7. The van der Waals surface area contributed by atoms with Crippen LogP contribution in [-0.2, 0) is 10.0 Å². The summed E-state index contributed by atoms with van der Waals surface area (Å²) in [5.74, 6) is 0.429. The van der Waals surface area contributed by atoms with Crippen LogP contribution in [0.25, 0.3) is 0 Å². The van der Waals surface area contributed by atoms with E-state index >= 15 is 0 Å². The van der Waals surface area contributed by atoms with Gasteiger partial charge < -0.3 is 5.32 Å². The van der Waals surface area contributed by atoms with Crippen LogP contribution >= 0.6 is 0 Å². The molecule has 0 amide bonds. The Labute approximate surface area is 260 Å². The number of allylic oxidation sites excluding steroid dienone is 4. The van der Waals surface area contributed by atoms with E-state index in [9.17, 15) is 8.42 Å². The number of nitrogens with one attached hydrogen (secondary N) is 2. The van der Waals surface area contributed by atoms with Crippen LogP contribution in [0.5, 0.6) is 0 Å². The van der Waals surface area contributed by atoms with E-state index in [1.807, 2.05) is 48.5 Å². The van der Waals surface area contributed by atoms with Crippen LogP contribution in [0.2, 0.25) is 0 Å². The van der Waals surface area contributed by atoms with Gasteiger partial charge >= 0.3 is 0 Å². The standard InChI is InChI=1S/C38H50N2O2S/c1-27(2)33-25-34(28(3)4)38(35(26-33)29(5)6)43(41,42)40-37(32-22-14-9-15-23-32)36(31-20-12-8-13-21-31)39-24-16-19-30-17-10-7-11-18-30/h7-10,12-15,18,20-23,25-29,36-37,39-40H,11,16-17,19,24H2,1-6H3/t36-,37?/m0/s1. The monoisotopic (exact) mass is 598 g/mol. The van der Waals surface area contributed by atoms with Crippen molar-refractivity contribution in [2.45, 2.75) is 102 Å². The average Bonchev–Trinajstić information content (AvgIpc) is 3.00. The highest BCUT2D eigenvalue weighted by molar-refractivity contribution is 7.89. The van der Waals surface area contributed by atoms with Gasteiger partial charge in [-0.05, 0) is 77.8 Å². The Kier molecular flexibility index (Phi) is 11.6. The molecule has 5 heteroatoms.